The largest absolute Gasteiger partial charge is 0.469 e. The number of rotatable bonds is 8. The van der Waals surface area contributed by atoms with Gasteiger partial charge in [-0.3, -0.25) is 4.79 Å². The average molecular weight is 464 g/mol. The molecule has 5 nitrogen and oxygen atoms in total. The van der Waals surface area contributed by atoms with E-state index in [-0.39, 0.29) is 41.0 Å². The fraction of sp³-hybridized carbons (Fsp3) is 0.621. The molecule has 2 saturated carbocycles. The Bertz CT molecular complexity index is 1010. The number of carbonyl (C=O) groups excluding carboxylic acids is 1. The van der Waals surface area contributed by atoms with Gasteiger partial charge < -0.3 is 19.2 Å². The summed E-state index contributed by atoms with van der Waals surface area (Å²) in [7, 11) is 0. The van der Waals surface area contributed by atoms with E-state index in [2.05, 4.69) is 55.6 Å². The van der Waals surface area contributed by atoms with Gasteiger partial charge in [0.1, 0.15) is 17.5 Å². The molecule has 182 valence electrons. The molecule has 2 aromatic rings. The monoisotopic (exact) mass is 463 g/mol. The van der Waals surface area contributed by atoms with Crippen molar-refractivity contribution < 1.29 is 18.7 Å². The Morgan fingerprint density at radius 2 is 2.03 bits per heavy atom. The maximum Gasteiger partial charge on any atom is 0.311 e. The van der Waals surface area contributed by atoms with Crippen molar-refractivity contribution >= 4 is 5.97 Å². The zero-order chi connectivity index (χ0) is 23.3. The minimum atomic E-state index is -0.107. The molecule has 4 fully saturated rings. The molecule has 4 aliphatic rings. The first-order chi connectivity index (χ1) is 16.5. The van der Waals surface area contributed by atoms with Crippen molar-refractivity contribution in [1.29, 1.82) is 0 Å². The van der Waals surface area contributed by atoms with E-state index >= 15 is 0 Å². The fourth-order valence-corrected chi connectivity index (χ4v) is 7.77. The molecule has 2 saturated heterocycles. The lowest BCUT2D eigenvalue weighted by molar-refractivity contribution is -0.146. The van der Waals surface area contributed by atoms with Crippen LogP contribution in [0.5, 0.6) is 0 Å². The van der Waals surface area contributed by atoms with Crippen LogP contribution in [0.3, 0.4) is 0 Å². The van der Waals surface area contributed by atoms with Gasteiger partial charge in [0, 0.05) is 23.8 Å². The standard InChI is InChI=1S/C29H37NO4/c1-19-8-6-13-28(2)17-24-25(26-29(19,28)34-26)22(27(31)33-24)18-30-14-12-21(23-11-7-15-32-23)16-20-9-4-3-5-10-20/h3-5,7,9-11,15,19,21-22,24-26,30H,6,8,12-14,16-18H2,1-2H3/t19-,21-,22+,24+,25+,26-,28+,29+/m0/s1. The predicted octanol–water partition coefficient (Wildman–Crippen LogP) is 5.11. The van der Waals surface area contributed by atoms with Crippen molar-refractivity contribution in [2.75, 3.05) is 13.1 Å². The van der Waals surface area contributed by atoms with E-state index in [1.807, 2.05) is 6.07 Å². The number of esters is 1. The van der Waals surface area contributed by atoms with E-state index in [0.29, 0.717) is 18.4 Å². The lowest BCUT2D eigenvalue weighted by Gasteiger charge is -2.48. The lowest BCUT2D eigenvalue weighted by Crippen LogP contribution is -2.54. The second kappa shape index (κ2) is 8.53. The molecule has 1 aromatic heterocycles. The summed E-state index contributed by atoms with van der Waals surface area (Å²) in [5.74, 6) is 1.95. The zero-order valence-electron chi connectivity index (χ0n) is 20.4. The highest BCUT2D eigenvalue weighted by atomic mass is 16.6. The van der Waals surface area contributed by atoms with Crippen molar-refractivity contribution in [2.45, 2.75) is 76.1 Å². The number of hydrogen-bond acceptors (Lipinski definition) is 5. The average Bonchev–Trinajstić information content (AvgIpc) is 3.20. The van der Waals surface area contributed by atoms with Crippen LogP contribution in [0, 0.1) is 23.2 Å². The Morgan fingerprint density at radius 3 is 2.82 bits per heavy atom. The molecular weight excluding hydrogens is 426 g/mol. The third kappa shape index (κ3) is 3.54. The van der Waals surface area contributed by atoms with Gasteiger partial charge in [-0.15, -0.1) is 0 Å². The van der Waals surface area contributed by atoms with Crippen LogP contribution in [0.4, 0.5) is 0 Å². The number of carbonyl (C=O) groups is 1. The summed E-state index contributed by atoms with van der Waals surface area (Å²) in [6.07, 6.45) is 8.49. The molecule has 3 heterocycles. The Labute approximate surface area is 202 Å². The highest BCUT2D eigenvalue weighted by Crippen LogP contribution is 2.70. The van der Waals surface area contributed by atoms with Crippen molar-refractivity contribution in [1.82, 2.24) is 5.32 Å². The van der Waals surface area contributed by atoms with Crippen LogP contribution in [0.2, 0.25) is 0 Å². The van der Waals surface area contributed by atoms with Gasteiger partial charge in [-0.25, -0.2) is 0 Å². The van der Waals surface area contributed by atoms with Crippen LogP contribution in [0.25, 0.3) is 0 Å². The number of ether oxygens (including phenoxy) is 2. The number of nitrogens with one attached hydrogen (secondary N) is 1. The molecule has 1 N–H and O–H groups in total. The molecule has 0 bridgehead atoms. The highest BCUT2D eigenvalue weighted by Gasteiger charge is 2.78. The van der Waals surface area contributed by atoms with Gasteiger partial charge in [0.15, 0.2) is 0 Å². The molecular formula is C29H37NO4. The summed E-state index contributed by atoms with van der Waals surface area (Å²) in [6.45, 7) is 6.23. The Morgan fingerprint density at radius 1 is 1.18 bits per heavy atom. The third-order valence-corrected chi connectivity index (χ3v) is 9.50. The molecule has 0 unspecified atom stereocenters. The SMILES string of the molecule is C[C@H]1CCC[C@]2(C)C[C@H]3OC(=O)[C@H](CNCC[C@@H](Cc4ccccc4)c4ccco4)[C@H]3[C@@H]3O[C@]132. The van der Waals surface area contributed by atoms with Crippen molar-refractivity contribution in [3.63, 3.8) is 0 Å². The summed E-state index contributed by atoms with van der Waals surface area (Å²) < 4.78 is 18.3. The van der Waals surface area contributed by atoms with Gasteiger partial charge in [0.2, 0.25) is 0 Å². The Kier molecular flexibility index (Phi) is 5.61. The maximum atomic E-state index is 12.9. The third-order valence-electron chi connectivity index (χ3n) is 9.50. The minimum absolute atomic E-state index is 0.0178. The fourth-order valence-electron chi connectivity index (χ4n) is 7.77. The second-order valence-corrected chi connectivity index (χ2v) is 11.4. The number of epoxide rings is 1. The summed E-state index contributed by atoms with van der Waals surface area (Å²) in [5, 5.41) is 3.60. The molecule has 2 aliphatic heterocycles. The topological polar surface area (TPSA) is 64.0 Å². The van der Waals surface area contributed by atoms with Gasteiger partial charge >= 0.3 is 5.97 Å². The molecule has 5 heteroatoms. The van der Waals surface area contributed by atoms with E-state index in [1.165, 1.54) is 24.8 Å². The van der Waals surface area contributed by atoms with Crippen molar-refractivity contribution in [3.05, 3.63) is 60.1 Å². The van der Waals surface area contributed by atoms with Gasteiger partial charge in [-0.2, -0.15) is 0 Å². The maximum absolute atomic E-state index is 12.9. The molecule has 6 rings (SSSR count). The van der Waals surface area contributed by atoms with E-state index < -0.39 is 0 Å². The first-order valence-electron chi connectivity index (χ1n) is 13.2. The minimum Gasteiger partial charge on any atom is -0.469 e. The molecule has 1 spiro atoms. The van der Waals surface area contributed by atoms with E-state index in [1.54, 1.807) is 6.26 Å². The van der Waals surface area contributed by atoms with Crippen LogP contribution in [-0.4, -0.2) is 36.9 Å². The number of fused-ring (bicyclic) bond motifs is 2. The van der Waals surface area contributed by atoms with Crippen LogP contribution >= 0.6 is 0 Å². The number of hydrogen-bond donors (Lipinski definition) is 1. The predicted molar refractivity (Wildman–Crippen MR) is 129 cm³/mol. The summed E-state index contributed by atoms with van der Waals surface area (Å²) in [4.78, 5) is 12.9. The second-order valence-electron chi connectivity index (χ2n) is 11.4. The van der Waals surface area contributed by atoms with Crippen molar-refractivity contribution in [3.8, 4) is 0 Å². The molecule has 8 atom stereocenters. The van der Waals surface area contributed by atoms with E-state index in [0.717, 1.165) is 31.6 Å². The van der Waals surface area contributed by atoms with Gasteiger partial charge in [-0.05, 0) is 62.3 Å². The van der Waals surface area contributed by atoms with E-state index in [4.69, 9.17) is 13.9 Å². The first kappa shape index (κ1) is 22.4. The molecule has 34 heavy (non-hydrogen) atoms. The zero-order valence-corrected chi connectivity index (χ0v) is 20.4. The Balaban J connectivity index is 1.09. The lowest BCUT2D eigenvalue weighted by atomic mass is 9.53. The highest BCUT2D eigenvalue weighted by molar-refractivity contribution is 5.76. The Hall–Kier alpha value is -2.11. The molecule has 0 radical (unpaired) electrons. The van der Waals surface area contributed by atoms with Crippen LogP contribution in [0.15, 0.2) is 53.1 Å². The van der Waals surface area contributed by atoms with Crippen molar-refractivity contribution in [2.24, 2.45) is 23.2 Å². The molecule has 1 aromatic carbocycles. The number of benzene rings is 1. The summed E-state index contributed by atoms with van der Waals surface area (Å²) in [6, 6.07) is 14.6. The van der Waals surface area contributed by atoms with Crippen LogP contribution in [-0.2, 0) is 20.7 Å². The quantitative estimate of drug-likeness (QED) is 0.335. The summed E-state index contributed by atoms with van der Waals surface area (Å²) >= 11 is 0. The normalized spacial score (nSPS) is 39.0. The number of furan rings is 1. The smallest absolute Gasteiger partial charge is 0.311 e. The van der Waals surface area contributed by atoms with Gasteiger partial charge in [0.25, 0.3) is 0 Å². The summed E-state index contributed by atoms with van der Waals surface area (Å²) in [5.41, 5.74) is 1.43. The van der Waals surface area contributed by atoms with Gasteiger partial charge in [-0.1, -0.05) is 50.6 Å². The van der Waals surface area contributed by atoms with E-state index in [9.17, 15) is 4.79 Å². The first-order valence-corrected chi connectivity index (χ1v) is 13.2. The molecule has 0 amide bonds. The van der Waals surface area contributed by atoms with Gasteiger partial charge in [0.05, 0.1) is 18.3 Å². The van der Waals surface area contributed by atoms with Crippen LogP contribution in [0.1, 0.15) is 63.2 Å². The van der Waals surface area contributed by atoms with Crippen LogP contribution < -0.4 is 5.32 Å². The molecule has 2 aliphatic carbocycles.